The van der Waals surface area contributed by atoms with Crippen LogP contribution in [0.15, 0.2) is 54.6 Å². The lowest BCUT2D eigenvalue weighted by Gasteiger charge is -2.17. The molecule has 4 nitrogen and oxygen atoms in total. The maximum absolute atomic E-state index is 13.3. The topological polar surface area (TPSA) is 49.8 Å². The standard InChI is InChI=1S/C25H24Cl2FNO3/c1-15(17-5-7-18(28)8-6-17)20-10-16(4-9-24(20)30)11-21-22(26)12-19(13-23(21)27)32-14-25(31)29(2)3/h4-10,12-13,15,30H,11,14H2,1-3H3/t15-/m1/s1. The first-order chi connectivity index (χ1) is 15.2. The van der Waals surface area contributed by atoms with Crippen LogP contribution in [0.3, 0.4) is 0 Å². The highest BCUT2D eigenvalue weighted by Gasteiger charge is 2.16. The summed E-state index contributed by atoms with van der Waals surface area (Å²) < 4.78 is 18.8. The molecule has 1 amide bonds. The zero-order valence-electron chi connectivity index (χ0n) is 18.0. The zero-order valence-corrected chi connectivity index (χ0v) is 19.5. The highest BCUT2D eigenvalue weighted by Crippen LogP contribution is 2.35. The molecule has 0 aliphatic heterocycles. The number of aromatic hydroxyl groups is 1. The van der Waals surface area contributed by atoms with E-state index in [4.69, 9.17) is 27.9 Å². The first-order valence-corrected chi connectivity index (χ1v) is 10.8. The molecule has 32 heavy (non-hydrogen) atoms. The number of amides is 1. The van der Waals surface area contributed by atoms with Gasteiger partial charge in [0.1, 0.15) is 17.3 Å². The third-order valence-corrected chi connectivity index (χ3v) is 5.96. The van der Waals surface area contributed by atoms with Crippen LogP contribution in [0, 0.1) is 5.82 Å². The molecule has 0 saturated heterocycles. The normalized spacial score (nSPS) is 11.8. The smallest absolute Gasteiger partial charge is 0.259 e. The highest BCUT2D eigenvalue weighted by atomic mass is 35.5. The summed E-state index contributed by atoms with van der Waals surface area (Å²) in [5, 5.41) is 11.2. The molecule has 168 valence electrons. The summed E-state index contributed by atoms with van der Waals surface area (Å²) in [5.41, 5.74) is 3.24. The average molecular weight is 476 g/mol. The quantitative estimate of drug-likeness (QED) is 0.452. The Hall–Kier alpha value is -2.76. The minimum absolute atomic E-state index is 0.110. The molecule has 0 bridgehead atoms. The van der Waals surface area contributed by atoms with Gasteiger partial charge in [0.05, 0.1) is 0 Å². The minimum atomic E-state index is -0.304. The Morgan fingerprint density at radius 1 is 1.06 bits per heavy atom. The summed E-state index contributed by atoms with van der Waals surface area (Å²) in [6, 6.07) is 14.8. The monoisotopic (exact) mass is 475 g/mol. The second kappa shape index (κ2) is 10.2. The van der Waals surface area contributed by atoms with Crippen LogP contribution in [0.5, 0.6) is 11.5 Å². The van der Waals surface area contributed by atoms with E-state index in [0.29, 0.717) is 27.8 Å². The lowest BCUT2D eigenvalue weighted by atomic mass is 9.90. The number of rotatable bonds is 7. The molecule has 1 atom stereocenters. The van der Waals surface area contributed by atoms with Crippen LogP contribution in [-0.4, -0.2) is 36.6 Å². The third-order valence-electron chi connectivity index (χ3n) is 5.29. The van der Waals surface area contributed by atoms with Gasteiger partial charge in [0.15, 0.2) is 6.61 Å². The Kier molecular flexibility index (Phi) is 7.64. The fourth-order valence-electron chi connectivity index (χ4n) is 3.30. The van der Waals surface area contributed by atoms with Crippen LogP contribution in [-0.2, 0) is 11.2 Å². The number of hydrogen-bond donors (Lipinski definition) is 1. The van der Waals surface area contributed by atoms with Crippen LogP contribution < -0.4 is 4.74 Å². The maximum Gasteiger partial charge on any atom is 0.259 e. The molecule has 0 unspecified atom stereocenters. The molecule has 3 rings (SSSR count). The van der Waals surface area contributed by atoms with Gasteiger partial charge in [-0.15, -0.1) is 0 Å². The number of ether oxygens (including phenoxy) is 1. The summed E-state index contributed by atoms with van der Waals surface area (Å²) in [5.74, 6) is -0.0335. The lowest BCUT2D eigenvalue weighted by Crippen LogP contribution is -2.27. The molecule has 0 aromatic heterocycles. The van der Waals surface area contributed by atoms with Gasteiger partial charge < -0.3 is 14.7 Å². The van der Waals surface area contributed by atoms with Gasteiger partial charge in [0.2, 0.25) is 0 Å². The largest absolute Gasteiger partial charge is 0.508 e. The Bertz CT molecular complexity index is 1090. The van der Waals surface area contributed by atoms with Crippen molar-refractivity contribution in [2.75, 3.05) is 20.7 Å². The van der Waals surface area contributed by atoms with Gasteiger partial charge in [-0.3, -0.25) is 4.79 Å². The van der Waals surface area contributed by atoms with E-state index in [1.165, 1.54) is 17.0 Å². The van der Waals surface area contributed by atoms with Crippen molar-refractivity contribution in [1.82, 2.24) is 4.90 Å². The van der Waals surface area contributed by atoms with Gasteiger partial charge in [-0.1, -0.05) is 54.4 Å². The second-order valence-corrected chi connectivity index (χ2v) is 8.60. The van der Waals surface area contributed by atoms with E-state index in [1.807, 2.05) is 19.1 Å². The third kappa shape index (κ3) is 5.72. The number of phenolic OH excluding ortho intramolecular Hbond substituents is 1. The van der Waals surface area contributed by atoms with Crippen molar-refractivity contribution in [3.05, 3.63) is 92.7 Å². The summed E-state index contributed by atoms with van der Waals surface area (Å²) >= 11 is 12.9. The van der Waals surface area contributed by atoms with Crippen LogP contribution >= 0.6 is 23.2 Å². The number of likely N-dealkylation sites (N-methyl/N-ethyl adjacent to an activating group) is 1. The Morgan fingerprint density at radius 2 is 1.69 bits per heavy atom. The van der Waals surface area contributed by atoms with Gasteiger partial charge >= 0.3 is 0 Å². The summed E-state index contributed by atoms with van der Waals surface area (Å²) in [6.07, 6.45) is 0.442. The van der Waals surface area contributed by atoms with Gasteiger partial charge in [-0.2, -0.15) is 0 Å². The van der Waals surface area contributed by atoms with Crippen molar-refractivity contribution >= 4 is 29.1 Å². The zero-order chi connectivity index (χ0) is 23.4. The maximum atomic E-state index is 13.3. The molecule has 1 N–H and O–H groups in total. The van der Waals surface area contributed by atoms with E-state index in [2.05, 4.69) is 0 Å². The molecule has 0 aliphatic carbocycles. The summed E-state index contributed by atoms with van der Waals surface area (Å²) in [7, 11) is 3.30. The van der Waals surface area contributed by atoms with E-state index in [9.17, 15) is 14.3 Å². The number of carbonyl (C=O) groups is 1. The van der Waals surface area contributed by atoms with Crippen molar-refractivity contribution in [1.29, 1.82) is 0 Å². The predicted octanol–water partition coefficient (Wildman–Crippen LogP) is 6.05. The summed E-state index contributed by atoms with van der Waals surface area (Å²) in [6.45, 7) is 1.84. The molecule has 0 radical (unpaired) electrons. The number of hydrogen-bond acceptors (Lipinski definition) is 3. The summed E-state index contributed by atoms with van der Waals surface area (Å²) in [4.78, 5) is 13.2. The Balaban J connectivity index is 1.82. The fraction of sp³-hybridized carbons (Fsp3) is 0.240. The van der Waals surface area contributed by atoms with Crippen LogP contribution in [0.4, 0.5) is 4.39 Å². The predicted molar refractivity (Wildman–Crippen MR) is 125 cm³/mol. The molecule has 0 saturated carbocycles. The lowest BCUT2D eigenvalue weighted by molar-refractivity contribution is -0.130. The molecule has 3 aromatic carbocycles. The second-order valence-electron chi connectivity index (χ2n) is 7.79. The first-order valence-electron chi connectivity index (χ1n) is 10.0. The van der Waals surface area contributed by atoms with Crippen molar-refractivity contribution < 1.29 is 19.0 Å². The number of halogens is 3. The van der Waals surface area contributed by atoms with Crippen molar-refractivity contribution in [2.24, 2.45) is 0 Å². The molecule has 0 fully saturated rings. The molecular formula is C25H24Cl2FNO3. The van der Waals surface area contributed by atoms with Crippen molar-refractivity contribution in [2.45, 2.75) is 19.3 Å². The highest BCUT2D eigenvalue weighted by molar-refractivity contribution is 6.36. The Labute approximate surface area is 197 Å². The van der Waals surface area contributed by atoms with E-state index in [-0.39, 0.29) is 30.0 Å². The Morgan fingerprint density at radius 3 is 2.28 bits per heavy atom. The number of phenols is 1. The van der Waals surface area contributed by atoms with Gasteiger partial charge in [-0.25, -0.2) is 4.39 Å². The van der Waals surface area contributed by atoms with Gasteiger partial charge in [-0.05, 0) is 47.0 Å². The molecule has 7 heteroatoms. The number of benzene rings is 3. The van der Waals surface area contributed by atoms with E-state index in [0.717, 1.165) is 16.7 Å². The van der Waals surface area contributed by atoms with E-state index in [1.54, 1.807) is 44.4 Å². The molecule has 0 aliphatic rings. The SMILES string of the molecule is C[C@H](c1ccc(F)cc1)c1cc(Cc2c(Cl)cc(OCC(=O)N(C)C)cc2Cl)ccc1O. The van der Waals surface area contributed by atoms with E-state index < -0.39 is 0 Å². The molecular weight excluding hydrogens is 452 g/mol. The molecule has 0 spiro atoms. The minimum Gasteiger partial charge on any atom is -0.508 e. The van der Waals surface area contributed by atoms with E-state index >= 15 is 0 Å². The van der Waals surface area contributed by atoms with Crippen LogP contribution in [0.25, 0.3) is 0 Å². The number of nitrogens with zero attached hydrogens (tertiary/aromatic N) is 1. The fourth-order valence-corrected chi connectivity index (χ4v) is 3.90. The van der Waals surface area contributed by atoms with Crippen LogP contribution in [0.1, 0.15) is 35.1 Å². The number of carbonyl (C=O) groups excluding carboxylic acids is 1. The molecule has 3 aromatic rings. The average Bonchev–Trinajstić information content (AvgIpc) is 2.75. The van der Waals surface area contributed by atoms with Gasteiger partial charge in [0.25, 0.3) is 5.91 Å². The van der Waals surface area contributed by atoms with Gasteiger partial charge in [0, 0.05) is 42.0 Å². The first kappa shape index (κ1) is 23.9. The molecule has 0 heterocycles. The van der Waals surface area contributed by atoms with Crippen molar-refractivity contribution in [3.63, 3.8) is 0 Å². The van der Waals surface area contributed by atoms with Crippen molar-refractivity contribution in [3.8, 4) is 11.5 Å². The van der Waals surface area contributed by atoms with Crippen LogP contribution in [0.2, 0.25) is 10.0 Å².